The number of urea groups is 1. The molecule has 1 atom stereocenters. The standard InChI is InChI=1S/C13H19N5O3/c1-13(2,3)14-11(20)8-5-6-9(16-15-8)18-10(19)7-17(4)12(18)21/h5-6,10,19H,7H2,1-4H3,(H,14,20). The molecule has 1 aliphatic rings. The number of carbonyl (C=O) groups excluding carboxylic acids is 2. The first-order valence-electron chi connectivity index (χ1n) is 6.58. The molecule has 8 heteroatoms. The first kappa shape index (κ1) is 15.2. The summed E-state index contributed by atoms with van der Waals surface area (Å²) in [4.78, 5) is 26.3. The minimum absolute atomic E-state index is 0.156. The van der Waals surface area contributed by atoms with Crippen molar-refractivity contribution in [1.29, 1.82) is 0 Å². The van der Waals surface area contributed by atoms with Crippen LogP contribution < -0.4 is 10.2 Å². The van der Waals surface area contributed by atoms with E-state index in [4.69, 9.17) is 0 Å². The fraction of sp³-hybridized carbons (Fsp3) is 0.538. The number of rotatable bonds is 2. The van der Waals surface area contributed by atoms with Crippen LogP contribution in [0, 0.1) is 0 Å². The molecule has 8 nitrogen and oxygen atoms in total. The molecule has 0 radical (unpaired) electrons. The van der Waals surface area contributed by atoms with E-state index in [1.165, 1.54) is 17.0 Å². The molecule has 1 saturated heterocycles. The lowest BCUT2D eigenvalue weighted by Gasteiger charge is -2.20. The molecule has 1 fully saturated rings. The number of aliphatic hydroxyl groups excluding tert-OH is 1. The van der Waals surface area contributed by atoms with Gasteiger partial charge in [-0.1, -0.05) is 0 Å². The first-order valence-corrected chi connectivity index (χ1v) is 6.58. The Labute approximate surface area is 122 Å². The van der Waals surface area contributed by atoms with Crippen molar-refractivity contribution in [2.24, 2.45) is 0 Å². The normalized spacial score (nSPS) is 19.1. The van der Waals surface area contributed by atoms with Crippen LogP contribution in [0.4, 0.5) is 10.6 Å². The molecule has 2 N–H and O–H groups in total. The van der Waals surface area contributed by atoms with Gasteiger partial charge in [0.25, 0.3) is 5.91 Å². The Balaban J connectivity index is 2.16. The van der Waals surface area contributed by atoms with Crippen LogP contribution in [-0.2, 0) is 0 Å². The van der Waals surface area contributed by atoms with Crippen LogP contribution in [0.1, 0.15) is 31.3 Å². The fourth-order valence-electron chi connectivity index (χ4n) is 1.95. The average molecular weight is 293 g/mol. The molecule has 0 spiro atoms. The third kappa shape index (κ3) is 3.27. The van der Waals surface area contributed by atoms with Gasteiger partial charge in [-0.2, -0.15) is 0 Å². The predicted octanol–water partition coefficient (Wildman–Crippen LogP) is 0.195. The van der Waals surface area contributed by atoms with E-state index >= 15 is 0 Å². The predicted molar refractivity (Wildman–Crippen MR) is 75.8 cm³/mol. The van der Waals surface area contributed by atoms with Crippen LogP contribution in [0.15, 0.2) is 12.1 Å². The molecule has 21 heavy (non-hydrogen) atoms. The van der Waals surface area contributed by atoms with Gasteiger partial charge in [0.15, 0.2) is 17.7 Å². The van der Waals surface area contributed by atoms with Gasteiger partial charge in [-0.25, -0.2) is 9.69 Å². The van der Waals surface area contributed by atoms with Gasteiger partial charge in [0, 0.05) is 12.6 Å². The number of likely N-dealkylation sites (N-methyl/N-ethyl adjacent to an activating group) is 1. The van der Waals surface area contributed by atoms with E-state index in [0.717, 1.165) is 4.90 Å². The van der Waals surface area contributed by atoms with Crippen molar-refractivity contribution in [2.75, 3.05) is 18.5 Å². The summed E-state index contributed by atoms with van der Waals surface area (Å²) in [6.45, 7) is 5.79. The van der Waals surface area contributed by atoms with Crippen molar-refractivity contribution in [3.63, 3.8) is 0 Å². The number of β-amino-alcohol motifs (C(OH)–C–C–N with tert-alkyl or cyclic N) is 1. The second kappa shape index (κ2) is 5.28. The monoisotopic (exact) mass is 293 g/mol. The van der Waals surface area contributed by atoms with E-state index in [9.17, 15) is 14.7 Å². The van der Waals surface area contributed by atoms with Crippen LogP contribution in [0.2, 0.25) is 0 Å². The van der Waals surface area contributed by atoms with Crippen LogP contribution in [-0.4, -0.2) is 57.5 Å². The van der Waals surface area contributed by atoms with Crippen LogP contribution in [0.3, 0.4) is 0 Å². The zero-order chi connectivity index (χ0) is 15.8. The average Bonchev–Trinajstić information content (AvgIpc) is 2.61. The molecule has 114 valence electrons. The Kier molecular flexibility index (Phi) is 3.82. The highest BCUT2D eigenvalue weighted by Crippen LogP contribution is 2.20. The highest BCUT2D eigenvalue weighted by molar-refractivity contribution is 5.95. The number of hydrogen-bond donors (Lipinski definition) is 2. The maximum Gasteiger partial charge on any atom is 0.327 e. The van der Waals surface area contributed by atoms with Crippen molar-refractivity contribution in [3.8, 4) is 0 Å². The Hall–Kier alpha value is -2.22. The van der Waals surface area contributed by atoms with E-state index in [2.05, 4.69) is 15.5 Å². The van der Waals surface area contributed by atoms with E-state index < -0.39 is 6.23 Å². The second-order valence-corrected chi connectivity index (χ2v) is 5.99. The largest absolute Gasteiger partial charge is 0.371 e. The highest BCUT2D eigenvalue weighted by Gasteiger charge is 2.36. The van der Waals surface area contributed by atoms with Crippen LogP contribution in [0.5, 0.6) is 0 Å². The number of nitrogens with zero attached hydrogens (tertiary/aromatic N) is 4. The summed E-state index contributed by atoms with van der Waals surface area (Å²) in [5.41, 5.74) is -0.218. The summed E-state index contributed by atoms with van der Waals surface area (Å²) in [7, 11) is 1.59. The van der Waals surface area contributed by atoms with Gasteiger partial charge in [-0.15, -0.1) is 10.2 Å². The van der Waals surface area contributed by atoms with Crippen molar-refractivity contribution in [3.05, 3.63) is 17.8 Å². The molecule has 1 aromatic rings. The number of hydrogen-bond acceptors (Lipinski definition) is 5. The lowest BCUT2D eigenvalue weighted by Crippen LogP contribution is -2.41. The van der Waals surface area contributed by atoms with Crippen LogP contribution >= 0.6 is 0 Å². The zero-order valence-electron chi connectivity index (χ0n) is 12.5. The van der Waals surface area contributed by atoms with Gasteiger partial charge in [0.2, 0.25) is 0 Å². The quantitative estimate of drug-likeness (QED) is 0.811. The van der Waals surface area contributed by atoms with E-state index in [-0.39, 0.29) is 35.5 Å². The summed E-state index contributed by atoms with van der Waals surface area (Å²) < 4.78 is 0. The highest BCUT2D eigenvalue weighted by atomic mass is 16.3. The summed E-state index contributed by atoms with van der Waals surface area (Å²) in [5, 5.41) is 20.3. The van der Waals surface area contributed by atoms with Crippen molar-refractivity contribution in [1.82, 2.24) is 20.4 Å². The molecule has 1 unspecified atom stereocenters. The summed E-state index contributed by atoms with van der Waals surface area (Å²) >= 11 is 0. The lowest BCUT2D eigenvalue weighted by atomic mass is 10.1. The van der Waals surface area contributed by atoms with Crippen molar-refractivity contribution < 1.29 is 14.7 Å². The SMILES string of the molecule is CN1CC(O)N(c2ccc(C(=O)NC(C)(C)C)nn2)C1=O. The molecular formula is C13H19N5O3. The lowest BCUT2D eigenvalue weighted by molar-refractivity contribution is 0.0913. The minimum atomic E-state index is -0.967. The molecule has 0 bridgehead atoms. The maximum absolute atomic E-state index is 11.9. The zero-order valence-corrected chi connectivity index (χ0v) is 12.5. The van der Waals surface area contributed by atoms with Gasteiger partial charge in [0.1, 0.15) is 0 Å². The number of nitrogens with one attached hydrogen (secondary N) is 1. The number of anilines is 1. The molecule has 1 aliphatic heterocycles. The Morgan fingerprint density at radius 1 is 1.38 bits per heavy atom. The first-order chi connectivity index (χ1) is 9.69. The molecule has 0 aliphatic carbocycles. The summed E-state index contributed by atoms with van der Waals surface area (Å²) in [5.74, 6) is -0.129. The van der Waals surface area contributed by atoms with Gasteiger partial charge in [-0.05, 0) is 32.9 Å². The summed E-state index contributed by atoms with van der Waals surface area (Å²) in [6.07, 6.45) is -0.967. The van der Waals surface area contributed by atoms with Gasteiger partial charge in [-0.3, -0.25) is 4.79 Å². The van der Waals surface area contributed by atoms with E-state index in [1.807, 2.05) is 20.8 Å². The maximum atomic E-state index is 11.9. The van der Waals surface area contributed by atoms with E-state index in [0.29, 0.717) is 0 Å². The van der Waals surface area contributed by atoms with E-state index in [1.54, 1.807) is 7.05 Å². The third-order valence-corrected chi connectivity index (χ3v) is 2.89. The molecule has 3 amide bonds. The summed E-state index contributed by atoms with van der Waals surface area (Å²) in [6, 6.07) is 2.61. The Morgan fingerprint density at radius 2 is 2.05 bits per heavy atom. The molecule has 1 aromatic heterocycles. The van der Waals surface area contributed by atoms with Gasteiger partial charge in [0.05, 0.1) is 6.54 Å². The van der Waals surface area contributed by atoms with Gasteiger partial charge < -0.3 is 15.3 Å². The molecular weight excluding hydrogens is 274 g/mol. The van der Waals surface area contributed by atoms with Crippen molar-refractivity contribution >= 4 is 17.8 Å². The number of carbonyl (C=O) groups is 2. The number of amides is 3. The second-order valence-electron chi connectivity index (χ2n) is 5.99. The minimum Gasteiger partial charge on any atom is -0.371 e. The molecule has 0 aromatic carbocycles. The fourth-order valence-corrected chi connectivity index (χ4v) is 1.95. The molecule has 0 saturated carbocycles. The van der Waals surface area contributed by atoms with Crippen LogP contribution in [0.25, 0.3) is 0 Å². The number of aromatic nitrogens is 2. The molecule has 2 rings (SSSR count). The molecule has 2 heterocycles. The van der Waals surface area contributed by atoms with Crippen molar-refractivity contribution in [2.45, 2.75) is 32.5 Å². The van der Waals surface area contributed by atoms with Gasteiger partial charge >= 0.3 is 6.03 Å². The smallest absolute Gasteiger partial charge is 0.327 e. The third-order valence-electron chi connectivity index (χ3n) is 2.89. The topological polar surface area (TPSA) is 98.7 Å². The number of aliphatic hydroxyl groups is 1. The Morgan fingerprint density at radius 3 is 2.48 bits per heavy atom. The Bertz CT molecular complexity index is 552.